The molecular weight excluding hydrogens is 436 g/mol. The fraction of sp³-hybridized carbons (Fsp3) is 0.158. The number of hydrogen-bond donors (Lipinski definition) is 1. The first-order valence-electron chi connectivity index (χ1n) is 8.03. The molecule has 0 radical (unpaired) electrons. The van der Waals surface area contributed by atoms with E-state index in [1.807, 2.05) is 36.4 Å². The Balaban J connectivity index is 1.87. The number of rotatable bonds is 5. The third-order valence-corrected chi connectivity index (χ3v) is 5.17. The Kier molecular flexibility index (Phi) is 6.40. The van der Waals surface area contributed by atoms with E-state index in [2.05, 4.69) is 33.2 Å². The molecule has 0 spiro atoms. The average Bonchev–Trinajstić information content (AvgIpc) is 2.95. The topological polar surface area (TPSA) is 50.7 Å². The summed E-state index contributed by atoms with van der Waals surface area (Å²) in [5.74, 6) is 0.551. The van der Waals surface area contributed by atoms with Gasteiger partial charge in [-0.25, -0.2) is 4.99 Å². The van der Waals surface area contributed by atoms with Crippen LogP contribution in [0.2, 0.25) is 5.02 Å². The molecule has 1 aliphatic heterocycles. The minimum atomic E-state index is -0.192. The number of amidine groups is 1. The highest BCUT2D eigenvalue weighted by atomic mass is 79.9. The summed E-state index contributed by atoms with van der Waals surface area (Å²) in [7, 11) is 0. The van der Waals surface area contributed by atoms with E-state index in [9.17, 15) is 4.79 Å². The standard InChI is InChI=1S/C19H16BrClN2O2S/c1-2-9-25-16-8-7-13(20)10-12(16)11-17-18(24)23-19(26-17)22-15-6-4-3-5-14(15)21/h3-8,10-11H,2,9H2,1H3,(H,22,23,24)/b17-11-. The van der Waals surface area contributed by atoms with Gasteiger partial charge in [-0.15, -0.1) is 0 Å². The van der Waals surface area contributed by atoms with Crippen LogP contribution >= 0.6 is 39.3 Å². The molecule has 0 unspecified atom stereocenters. The largest absolute Gasteiger partial charge is 0.493 e. The SMILES string of the molecule is CCCOc1ccc(Br)cc1/C=C1\SC(=Nc2ccccc2Cl)NC1=O. The van der Waals surface area contributed by atoms with Crippen molar-refractivity contribution in [2.45, 2.75) is 13.3 Å². The number of nitrogens with zero attached hydrogens (tertiary/aromatic N) is 1. The van der Waals surface area contributed by atoms with Gasteiger partial charge in [-0.05, 0) is 54.6 Å². The smallest absolute Gasteiger partial charge is 0.264 e. The number of carbonyl (C=O) groups excluding carboxylic acids is 1. The van der Waals surface area contributed by atoms with Crippen LogP contribution in [-0.2, 0) is 4.79 Å². The molecule has 0 atom stereocenters. The van der Waals surface area contributed by atoms with Gasteiger partial charge in [0.25, 0.3) is 5.91 Å². The first-order chi connectivity index (χ1) is 12.6. The van der Waals surface area contributed by atoms with E-state index in [1.54, 1.807) is 12.1 Å². The fourth-order valence-corrected chi connectivity index (χ4v) is 3.63. The Bertz CT molecular complexity index is 899. The summed E-state index contributed by atoms with van der Waals surface area (Å²) in [5.41, 5.74) is 1.46. The molecule has 1 saturated heterocycles. The zero-order valence-corrected chi connectivity index (χ0v) is 17.1. The van der Waals surface area contributed by atoms with Gasteiger partial charge in [0.05, 0.1) is 22.2 Å². The predicted molar refractivity (Wildman–Crippen MR) is 112 cm³/mol. The molecule has 1 aliphatic rings. The number of ether oxygens (including phenoxy) is 1. The molecular formula is C19H16BrClN2O2S. The quantitative estimate of drug-likeness (QED) is 0.586. The van der Waals surface area contributed by atoms with E-state index >= 15 is 0 Å². The number of halogens is 2. The van der Waals surface area contributed by atoms with Gasteiger partial charge in [0, 0.05) is 10.0 Å². The van der Waals surface area contributed by atoms with Crippen LogP contribution in [0.25, 0.3) is 6.08 Å². The van der Waals surface area contributed by atoms with Crippen molar-refractivity contribution < 1.29 is 9.53 Å². The summed E-state index contributed by atoms with van der Waals surface area (Å²) in [4.78, 5) is 17.3. The van der Waals surface area contributed by atoms with E-state index in [1.165, 1.54) is 11.8 Å². The Hall–Kier alpha value is -1.76. The third kappa shape index (κ3) is 4.69. The first kappa shape index (κ1) is 19.0. The fourth-order valence-electron chi connectivity index (χ4n) is 2.25. The molecule has 1 amide bonds. The van der Waals surface area contributed by atoms with E-state index in [-0.39, 0.29) is 5.91 Å². The molecule has 2 aromatic carbocycles. The Labute approximate surface area is 169 Å². The molecule has 0 bridgehead atoms. The van der Waals surface area contributed by atoms with Crippen LogP contribution in [0.15, 0.2) is 56.8 Å². The number of hydrogen-bond acceptors (Lipinski definition) is 4. The van der Waals surface area contributed by atoms with Gasteiger partial charge in [-0.3, -0.25) is 4.79 Å². The lowest BCUT2D eigenvalue weighted by Crippen LogP contribution is -2.19. The lowest BCUT2D eigenvalue weighted by Gasteiger charge is -2.09. The summed E-state index contributed by atoms with van der Waals surface area (Å²) in [6.45, 7) is 2.67. The van der Waals surface area contributed by atoms with E-state index in [0.29, 0.717) is 27.4 Å². The minimum Gasteiger partial charge on any atom is -0.493 e. The van der Waals surface area contributed by atoms with Crippen molar-refractivity contribution >= 4 is 62.1 Å². The third-order valence-electron chi connectivity index (χ3n) is 3.45. The van der Waals surface area contributed by atoms with Gasteiger partial charge in [-0.2, -0.15) is 0 Å². The number of aliphatic imine (C=N–C) groups is 1. The molecule has 4 nitrogen and oxygen atoms in total. The number of nitrogens with one attached hydrogen (secondary N) is 1. The molecule has 0 saturated carbocycles. The van der Waals surface area contributed by atoms with Crippen molar-refractivity contribution in [2.24, 2.45) is 4.99 Å². The number of para-hydroxylation sites is 1. The first-order valence-corrected chi connectivity index (χ1v) is 10.0. The normalized spacial score (nSPS) is 17.0. The molecule has 26 heavy (non-hydrogen) atoms. The van der Waals surface area contributed by atoms with Gasteiger partial charge in [-0.1, -0.05) is 46.6 Å². The monoisotopic (exact) mass is 450 g/mol. The Morgan fingerprint density at radius 2 is 2.12 bits per heavy atom. The zero-order chi connectivity index (χ0) is 18.5. The average molecular weight is 452 g/mol. The van der Waals surface area contributed by atoms with Crippen LogP contribution in [-0.4, -0.2) is 17.7 Å². The van der Waals surface area contributed by atoms with Gasteiger partial charge < -0.3 is 10.1 Å². The van der Waals surface area contributed by atoms with Crippen molar-refractivity contribution in [3.63, 3.8) is 0 Å². The second kappa shape index (κ2) is 8.75. The number of amides is 1. The molecule has 1 fully saturated rings. The van der Waals surface area contributed by atoms with Gasteiger partial charge >= 0.3 is 0 Å². The number of carbonyl (C=O) groups is 1. The van der Waals surface area contributed by atoms with Gasteiger partial charge in [0.2, 0.25) is 0 Å². The molecule has 2 aromatic rings. The maximum atomic E-state index is 12.3. The summed E-state index contributed by atoms with van der Waals surface area (Å²) in [6, 6.07) is 13.0. The second-order valence-electron chi connectivity index (χ2n) is 5.46. The van der Waals surface area contributed by atoms with Crippen LogP contribution in [0, 0.1) is 0 Å². The number of thioether (sulfide) groups is 1. The van der Waals surface area contributed by atoms with Crippen LogP contribution in [0.1, 0.15) is 18.9 Å². The Morgan fingerprint density at radius 1 is 1.31 bits per heavy atom. The molecule has 1 N–H and O–H groups in total. The van der Waals surface area contributed by atoms with Crippen molar-refractivity contribution in [3.05, 3.63) is 62.4 Å². The van der Waals surface area contributed by atoms with Crippen molar-refractivity contribution in [1.82, 2.24) is 5.32 Å². The van der Waals surface area contributed by atoms with Gasteiger partial charge in [0.1, 0.15) is 5.75 Å². The van der Waals surface area contributed by atoms with Crippen molar-refractivity contribution in [2.75, 3.05) is 6.61 Å². The summed E-state index contributed by atoms with van der Waals surface area (Å²) in [5, 5.41) is 3.81. The summed E-state index contributed by atoms with van der Waals surface area (Å²) < 4.78 is 6.69. The van der Waals surface area contributed by atoms with Crippen LogP contribution in [0.3, 0.4) is 0 Å². The molecule has 3 rings (SSSR count). The highest BCUT2D eigenvalue weighted by molar-refractivity contribution is 9.10. The molecule has 1 heterocycles. The van der Waals surface area contributed by atoms with E-state index < -0.39 is 0 Å². The van der Waals surface area contributed by atoms with E-state index in [0.717, 1.165) is 22.2 Å². The minimum absolute atomic E-state index is 0.192. The number of benzene rings is 2. The summed E-state index contributed by atoms with van der Waals surface area (Å²) in [6.07, 6.45) is 2.72. The molecule has 0 aromatic heterocycles. The highest BCUT2D eigenvalue weighted by Crippen LogP contribution is 2.33. The predicted octanol–water partition coefficient (Wildman–Crippen LogP) is 5.78. The van der Waals surface area contributed by atoms with Crippen LogP contribution in [0.5, 0.6) is 5.75 Å². The maximum Gasteiger partial charge on any atom is 0.264 e. The van der Waals surface area contributed by atoms with Crippen LogP contribution < -0.4 is 10.1 Å². The maximum absolute atomic E-state index is 12.3. The zero-order valence-electron chi connectivity index (χ0n) is 14.0. The lowest BCUT2D eigenvalue weighted by atomic mass is 10.2. The molecule has 7 heteroatoms. The van der Waals surface area contributed by atoms with Gasteiger partial charge in [0.15, 0.2) is 5.17 Å². The highest BCUT2D eigenvalue weighted by Gasteiger charge is 2.24. The molecule has 134 valence electrons. The summed E-state index contributed by atoms with van der Waals surface area (Å²) >= 11 is 10.9. The molecule has 0 aliphatic carbocycles. The van der Waals surface area contributed by atoms with E-state index in [4.69, 9.17) is 16.3 Å². The van der Waals surface area contributed by atoms with Crippen molar-refractivity contribution in [3.8, 4) is 5.75 Å². The van der Waals surface area contributed by atoms with Crippen molar-refractivity contribution in [1.29, 1.82) is 0 Å². The second-order valence-corrected chi connectivity index (χ2v) is 7.82. The van der Waals surface area contributed by atoms with Crippen LogP contribution in [0.4, 0.5) is 5.69 Å². The Morgan fingerprint density at radius 3 is 2.88 bits per heavy atom. The lowest BCUT2D eigenvalue weighted by molar-refractivity contribution is -0.115.